The van der Waals surface area contributed by atoms with Crippen LogP contribution in [0.1, 0.15) is 68.1 Å². The van der Waals surface area contributed by atoms with Gasteiger partial charge >= 0.3 is 0 Å². The van der Waals surface area contributed by atoms with Crippen LogP contribution >= 0.6 is 0 Å². The molecule has 0 aromatic rings. The van der Waals surface area contributed by atoms with Crippen molar-refractivity contribution in [1.82, 2.24) is 0 Å². The smallest absolute Gasteiger partial charge is 0.0983 e. The van der Waals surface area contributed by atoms with E-state index < -0.39 is 0 Å². The van der Waals surface area contributed by atoms with Crippen LogP contribution in [-0.4, -0.2) is 11.4 Å². The Morgan fingerprint density at radius 3 is 1.47 bits per heavy atom. The normalized spacial score (nSPS) is 41.1. The SMILES string of the molecule is CC1CCC(C(OO)C2CCC(C)CC2)CC1.[HH].[HH]. The van der Waals surface area contributed by atoms with Gasteiger partial charge in [-0.15, -0.1) is 0 Å². The van der Waals surface area contributed by atoms with E-state index in [2.05, 4.69) is 13.8 Å². The van der Waals surface area contributed by atoms with Crippen LogP contribution in [-0.2, 0) is 4.89 Å². The van der Waals surface area contributed by atoms with Gasteiger partial charge in [0.25, 0.3) is 0 Å². The molecule has 2 saturated carbocycles. The van der Waals surface area contributed by atoms with Crippen LogP contribution in [0.15, 0.2) is 0 Å². The number of rotatable bonds is 3. The van der Waals surface area contributed by atoms with Crippen LogP contribution in [0.25, 0.3) is 0 Å². The van der Waals surface area contributed by atoms with Crippen molar-refractivity contribution in [2.24, 2.45) is 23.7 Å². The lowest BCUT2D eigenvalue weighted by atomic mass is 9.72. The predicted molar refractivity (Wildman–Crippen MR) is 74.0 cm³/mol. The minimum absolute atomic E-state index is 0. The monoisotopic (exact) mass is 244 g/mol. The van der Waals surface area contributed by atoms with Crippen LogP contribution in [0.5, 0.6) is 0 Å². The number of hydrogen-bond donors (Lipinski definition) is 1. The first-order valence-corrected chi connectivity index (χ1v) is 7.51. The highest BCUT2D eigenvalue weighted by atomic mass is 17.1. The molecular formula is C15H32O2. The fraction of sp³-hybridized carbons (Fsp3) is 1.00. The van der Waals surface area contributed by atoms with E-state index in [1.807, 2.05) is 0 Å². The van der Waals surface area contributed by atoms with Gasteiger partial charge < -0.3 is 0 Å². The topological polar surface area (TPSA) is 29.5 Å². The molecule has 0 saturated heterocycles. The standard InChI is InChI=1S/C15H28O2.2H2/c1-11-3-7-13(8-4-11)15(17-16)14-9-5-12(2)6-10-14;;/h11-16H,3-10H2,1-2H3;2*1H. The molecule has 0 unspecified atom stereocenters. The molecule has 2 aliphatic carbocycles. The Balaban J connectivity index is 0.00000162. The van der Waals surface area contributed by atoms with E-state index in [9.17, 15) is 5.26 Å². The van der Waals surface area contributed by atoms with E-state index in [0.29, 0.717) is 11.8 Å². The zero-order chi connectivity index (χ0) is 12.3. The summed E-state index contributed by atoms with van der Waals surface area (Å²) in [4.78, 5) is 4.90. The van der Waals surface area contributed by atoms with Gasteiger partial charge in [-0.2, -0.15) is 0 Å². The second kappa shape index (κ2) is 6.19. The second-order valence-electron chi connectivity index (χ2n) is 6.61. The Hall–Kier alpha value is -0.0800. The van der Waals surface area contributed by atoms with Gasteiger partial charge in [0.2, 0.25) is 0 Å². The average Bonchev–Trinajstić information content (AvgIpc) is 2.35. The summed E-state index contributed by atoms with van der Waals surface area (Å²) in [6, 6.07) is 0. The Morgan fingerprint density at radius 2 is 1.18 bits per heavy atom. The molecule has 2 aliphatic rings. The van der Waals surface area contributed by atoms with Gasteiger partial charge in [-0.05, 0) is 49.4 Å². The molecule has 0 radical (unpaired) electrons. The molecule has 0 spiro atoms. The summed E-state index contributed by atoms with van der Waals surface area (Å²) in [5.41, 5.74) is 0. The lowest BCUT2D eigenvalue weighted by molar-refractivity contribution is -0.306. The first-order valence-electron chi connectivity index (χ1n) is 7.51. The highest BCUT2D eigenvalue weighted by molar-refractivity contribution is 4.84. The summed E-state index contributed by atoms with van der Waals surface area (Å²) >= 11 is 0. The predicted octanol–water partition coefficient (Wildman–Crippen LogP) is 4.99. The van der Waals surface area contributed by atoms with Gasteiger partial charge in [0.1, 0.15) is 0 Å². The summed E-state index contributed by atoms with van der Waals surface area (Å²) in [5, 5.41) is 9.26. The third kappa shape index (κ3) is 3.45. The van der Waals surface area contributed by atoms with Crippen LogP contribution < -0.4 is 0 Å². The molecule has 2 rings (SSSR count). The Kier molecular flexibility index (Phi) is 4.87. The van der Waals surface area contributed by atoms with E-state index in [-0.39, 0.29) is 8.96 Å². The molecular weight excluding hydrogens is 212 g/mol. The van der Waals surface area contributed by atoms with Crippen molar-refractivity contribution in [2.75, 3.05) is 0 Å². The van der Waals surface area contributed by atoms with Crippen molar-refractivity contribution in [2.45, 2.75) is 71.3 Å². The largest absolute Gasteiger partial charge is 0.252 e. The van der Waals surface area contributed by atoms with Crippen LogP contribution in [0.2, 0.25) is 0 Å². The maximum Gasteiger partial charge on any atom is 0.0983 e. The molecule has 2 fully saturated rings. The molecule has 0 amide bonds. The van der Waals surface area contributed by atoms with Crippen molar-refractivity contribution >= 4 is 0 Å². The molecule has 0 atom stereocenters. The lowest BCUT2D eigenvalue weighted by Gasteiger charge is -2.37. The van der Waals surface area contributed by atoms with Crippen molar-refractivity contribution in [3.63, 3.8) is 0 Å². The average molecular weight is 244 g/mol. The quantitative estimate of drug-likeness (QED) is 0.560. The molecule has 17 heavy (non-hydrogen) atoms. The van der Waals surface area contributed by atoms with Crippen molar-refractivity contribution in [3.8, 4) is 0 Å². The maximum atomic E-state index is 9.26. The summed E-state index contributed by atoms with van der Waals surface area (Å²) in [6.07, 6.45) is 10.4. The second-order valence-corrected chi connectivity index (χ2v) is 6.61. The van der Waals surface area contributed by atoms with Gasteiger partial charge in [-0.3, -0.25) is 5.26 Å². The van der Waals surface area contributed by atoms with E-state index in [1.165, 1.54) is 51.4 Å². The molecule has 1 N–H and O–H groups in total. The summed E-state index contributed by atoms with van der Waals surface area (Å²) in [6.45, 7) is 4.68. The third-order valence-corrected chi connectivity index (χ3v) is 5.17. The fourth-order valence-corrected chi connectivity index (χ4v) is 3.79. The minimum atomic E-state index is 0. The Morgan fingerprint density at radius 1 is 0.824 bits per heavy atom. The Labute approximate surface area is 109 Å². The van der Waals surface area contributed by atoms with E-state index in [4.69, 9.17) is 4.89 Å². The number of hydrogen-bond acceptors (Lipinski definition) is 2. The summed E-state index contributed by atoms with van der Waals surface area (Å²) in [5.74, 6) is 2.96. The highest BCUT2D eigenvalue weighted by Gasteiger charge is 2.34. The van der Waals surface area contributed by atoms with Crippen LogP contribution in [0, 0.1) is 23.7 Å². The van der Waals surface area contributed by atoms with Crippen LogP contribution in [0.4, 0.5) is 0 Å². The molecule has 2 heteroatoms. The Bertz CT molecular complexity index is 200. The van der Waals surface area contributed by atoms with E-state index >= 15 is 0 Å². The van der Waals surface area contributed by atoms with Crippen molar-refractivity contribution < 1.29 is 13.0 Å². The van der Waals surface area contributed by atoms with Gasteiger partial charge in [-0.25, -0.2) is 4.89 Å². The summed E-state index contributed by atoms with van der Waals surface area (Å²) < 4.78 is 0. The van der Waals surface area contributed by atoms with Gasteiger partial charge in [0, 0.05) is 2.85 Å². The molecule has 0 aliphatic heterocycles. The first kappa shape index (κ1) is 13.4. The van der Waals surface area contributed by atoms with Gasteiger partial charge in [-0.1, -0.05) is 39.5 Å². The van der Waals surface area contributed by atoms with E-state index in [0.717, 1.165) is 11.8 Å². The van der Waals surface area contributed by atoms with Crippen molar-refractivity contribution in [1.29, 1.82) is 0 Å². The molecule has 0 aromatic carbocycles. The van der Waals surface area contributed by atoms with Gasteiger partial charge in [0.05, 0.1) is 6.10 Å². The van der Waals surface area contributed by atoms with Gasteiger partial charge in [0.15, 0.2) is 0 Å². The van der Waals surface area contributed by atoms with Crippen molar-refractivity contribution in [3.05, 3.63) is 0 Å². The summed E-state index contributed by atoms with van der Waals surface area (Å²) in [7, 11) is 0. The first-order chi connectivity index (χ1) is 8.20. The highest BCUT2D eigenvalue weighted by Crippen LogP contribution is 2.39. The third-order valence-electron chi connectivity index (χ3n) is 5.17. The molecule has 104 valence electrons. The zero-order valence-corrected chi connectivity index (χ0v) is 11.4. The zero-order valence-electron chi connectivity index (χ0n) is 11.4. The molecule has 0 bridgehead atoms. The fourth-order valence-electron chi connectivity index (χ4n) is 3.79. The minimum Gasteiger partial charge on any atom is -0.252 e. The molecule has 2 nitrogen and oxygen atoms in total. The molecule has 0 aromatic heterocycles. The maximum absolute atomic E-state index is 9.26. The lowest BCUT2D eigenvalue weighted by Crippen LogP contribution is -2.35. The van der Waals surface area contributed by atoms with Crippen LogP contribution in [0.3, 0.4) is 0 Å². The molecule has 0 heterocycles. The van der Waals surface area contributed by atoms with E-state index in [1.54, 1.807) is 0 Å².